The number of carbonyl (C=O) groups excluding carboxylic acids is 1. The van der Waals surface area contributed by atoms with Gasteiger partial charge in [0, 0.05) is 25.0 Å². The van der Waals surface area contributed by atoms with E-state index in [0.29, 0.717) is 13.0 Å². The molecule has 28 heavy (non-hydrogen) atoms. The molecule has 0 aromatic heterocycles. The van der Waals surface area contributed by atoms with E-state index in [-0.39, 0.29) is 12.5 Å². The molecule has 146 valence electrons. The zero-order valence-electron chi connectivity index (χ0n) is 16.9. The van der Waals surface area contributed by atoms with Crippen LogP contribution in [-0.4, -0.2) is 32.3 Å². The quantitative estimate of drug-likeness (QED) is 0.545. The summed E-state index contributed by atoms with van der Waals surface area (Å²) in [5.41, 5.74) is 8.89. The Bertz CT molecular complexity index is 858. The van der Waals surface area contributed by atoms with Gasteiger partial charge >= 0.3 is 0 Å². The maximum Gasteiger partial charge on any atom is 0.259 e. The largest absolute Gasteiger partial charge is 0.376 e. The number of nitrogens with one attached hydrogen (secondary N) is 2. The first-order chi connectivity index (χ1) is 13.4. The molecule has 1 amide bonds. The van der Waals surface area contributed by atoms with Gasteiger partial charge in [-0.05, 0) is 49.6 Å². The minimum Gasteiger partial charge on any atom is -0.376 e. The number of hydrazone groups is 1. The van der Waals surface area contributed by atoms with Crippen molar-refractivity contribution < 1.29 is 4.79 Å². The van der Waals surface area contributed by atoms with E-state index < -0.39 is 0 Å². The minimum atomic E-state index is -0.205. The van der Waals surface area contributed by atoms with E-state index in [0.717, 1.165) is 28.1 Å². The van der Waals surface area contributed by atoms with Gasteiger partial charge in [0.05, 0.1) is 25.2 Å². The van der Waals surface area contributed by atoms with Crippen LogP contribution in [0.15, 0.2) is 41.5 Å². The molecule has 2 aromatic carbocycles. The molecule has 0 heterocycles. The van der Waals surface area contributed by atoms with Crippen molar-refractivity contribution in [1.29, 1.82) is 5.26 Å². The Kier molecular flexibility index (Phi) is 7.58. The molecule has 0 fully saturated rings. The average Bonchev–Trinajstić information content (AvgIpc) is 2.65. The first-order valence-corrected chi connectivity index (χ1v) is 9.22. The molecule has 0 aliphatic heterocycles. The molecule has 2 N–H and O–H groups in total. The van der Waals surface area contributed by atoms with Crippen LogP contribution >= 0.6 is 0 Å². The fraction of sp³-hybridized carbons (Fsp3) is 0.318. The Morgan fingerprint density at radius 2 is 1.82 bits per heavy atom. The number of hydrogen-bond donors (Lipinski definition) is 2. The maximum atomic E-state index is 12.0. The second-order valence-electron chi connectivity index (χ2n) is 6.84. The van der Waals surface area contributed by atoms with Gasteiger partial charge in [0.2, 0.25) is 0 Å². The second-order valence-corrected chi connectivity index (χ2v) is 6.84. The summed E-state index contributed by atoms with van der Waals surface area (Å²) in [6.07, 6.45) is 2.10. The Hall–Kier alpha value is -3.33. The number of benzene rings is 2. The van der Waals surface area contributed by atoms with Crippen LogP contribution in [0.25, 0.3) is 0 Å². The van der Waals surface area contributed by atoms with Gasteiger partial charge in [-0.3, -0.25) is 4.79 Å². The number of anilines is 2. The van der Waals surface area contributed by atoms with E-state index in [1.54, 1.807) is 6.21 Å². The van der Waals surface area contributed by atoms with Gasteiger partial charge in [-0.25, -0.2) is 5.43 Å². The van der Waals surface area contributed by atoms with Gasteiger partial charge in [-0.2, -0.15) is 10.4 Å². The molecule has 0 aliphatic rings. The highest BCUT2D eigenvalue weighted by molar-refractivity contribution is 5.84. The van der Waals surface area contributed by atoms with Crippen molar-refractivity contribution in [3.63, 3.8) is 0 Å². The number of hydrogen-bond acceptors (Lipinski definition) is 5. The van der Waals surface area contributed by atoms with Crippen LogP contribution in [0.4, 0.5) is 11.4 Å². The number of rotatable bonds is 8. The number of nitriles is 1. The predicted molar refractivity (Wildman–Crippen MR) is 115 cm³/mol. The van der Waals surface area contributed by atoms with Gasteiger partial charge in [0.25, 0.3) is 5.91 Å². The fourth-order valence-electron chi connectivity index (χ4n) is 3.01. The molecular formula is C22H27N5O. The Labute approximate surface area is 166 Å². The lowest BCUT2D eigenvalue weighted by molar-refractivity contribution is -0.119. The molecule has 0 aliphatic carbocycles. The molecule has 0 bridgehead atoms. The molecule has 6 nitrogen and oxygen atoms in total. The summed E-state index contributed by atoms with van der Waals surface area (Å²) >= 11 is 0. The zero-order chi connectivity index (χ0) is 20.5. The number of carbonyl (C=O) groups is 1. The molecule has 2 rings (SSSR count). The van der Waals surface area contributed by atoms with Crippen molar-refractivity contribution in [2.75, 3.05) is 30.4 Å². The van der Waals surface area contributed by atoms with Crippen LogP contribution < -0.4 is 15.6 Å². The van der Waals surface area contributed by atoms with Crippen molar-refractivity contribution in [3.05, 3.63) is 58.7 Å². The summed E-state index contributed by atoms with van der Waals surface area (Å²) < 4.78 is 0. The zero-order valence-corrected chi connectivity index (χ0v) is 16.9. The van der Waals surface area contributed by atoms with E-state index >= 15 is 0 Å². The van der Waals surface area contributed by atoms with Crippen molar-refractivity contribution >= 4 is 23.5 Å². The second kappa shape index (κ2) is 10.1. The summed E-state index contributed by atoms with van der Waals surface area (Å²) in [6, 6.07) is 14.1. The summed E-state index contributed by atoms with van der Waals surface area (Å²) in [5, 5.41) is 15.9. The Morgan fingerprint density at radius 3 is 2.43 bits per heavy atom. The summed E-state index contributed by atoms with van der Waals surface area (Å²) in [7, 11) is 1.95. The van der Waals surface area contributed by atoms with Crippen LogP contribution in [0, 0.1) is 32.1 Å². The first kappa shape index (κ1) is 21.0. The van der Waals surface area contributed by atoms with Crippen molar-refractivity contribution in [2.24, 2.45) is 5.10 Å². The maximum absolute atomic E-state index is 12.0. The molecular weight excluding hydrogens is 350 g/mol. The fourth-order valence-corrected chi connectivity index (χ4v) is 3.01. The molecule has 0 spiro atoms. The van der Waals surface area contributed by atoms with Crippen LogP contribution in [0.5, 0.6) is 0 Å². The van der Waals surface area contributed by atoms with Crippen LogP contribution in [0.1, 0.15) is 28.7 Å². The standard InChI is InChI=1S/C22H27N5O/c1-16-12-17(2)22(18(3)13-16)24-15-21(28)26-25-14-19-6-8-20(9-7-19)27(4)11-5-10-23/h6-9,12-14,24H,5,11,15H2,1-4H3,(H,26,28)/b25-14-. The van der Waals surface area contributed by atoms with E-state index in [1.165, 1.54) is 5.56 Å². The molecule has 0 radical (unpaired) electrons. The van der Waals surface area contributed by atoms with E-state index in [1.807, 2.05) is 50.1 Å². The van der Waals surface area contributed by atoms with Gasteiger partial charge in [0.1, 0.15) is 0 Å². The van der Waals surface area contributed by atoms with E-state index in [9.17, 15) is 4.79 Å². The third-order valence-corrected chi connectivity index (χ3v) is 4.40. The third-order valence-electron chi connectivity index (χ3n) is 4.40. The van der Waals surface area contributed by atoms with Gasteiger partial charge in [-0.1, -0.05) is 29.8 Å². The SMILES string of the molecule is Cc1cc(C)c(NCC(=O)N/N=C\c2ccc(N(C)CCC#N)cc2)c(C)c1. The number of nitrogens with zero attached hydrogens (tertiary/aromatic N) is 3. The van der Waals surface area contributed by atoms with E-state index in [4.69, 9.17) is 5.26 Å². The molecule has 2 aromatic rings. The Morgan fingerprint density at radius 1 is 1.18 bits per heavy atom. The summed E-state index contributed by atoms with van der Waals surface area (Å²) in [6.45, 7) is 6.96. The van der Waals surface area contributed by atoms with Crippen molar-refractivity contribution in [2.45, 2.75) is 27.2 Å². The first-order valence-electron chi connectivity index (χ1n) is 9.22. The lowest BCUT2D eigenvalue weighted by atomic mass is 10.1. The lowest BCUT2D eigenvalue weighted by Crippen LogP contribution is -2.26. The van der Waals surface area contributed by atoms with Crippen LogP contribution in [-0.2, 0) is 4.79 Å². The van der Waals surface area contributed by atoms with E-state index in [2.05, 4.69) is 41.0 Å². The number of amides is 1. The average molecular weight is 377 g/mol. The highest BCUT2D eigenvalue weighted by atomic mass is 16.2. The summed E-state index contributed by atoms with van der Waals surface area (Å²) in [5.74, 6) is -0.205. The highest BCUT2D eigenvalue weighted by Gasteiger charge is 2.06. The van der Waals surface area contributed by atoms with Crippen LogP contribution in [0.3, 0.4) is 0 Å². The minimum absolute atomic E-state index is 0.157. The normalized spacial score (nSPS) is 10.5. The van der Waals surface area contributed by atoms with Crippen LogP contribution in [0.2, 0.25) is 0 Å². The topological polar surface area (TPSA) is 80.5 Å². The highest BCUT2D eigenvalue weighted by Crippen LogP contribution is 2.21. The monoisotopic (exact) mass is 377 g/mol. The predicted octanol–water partition coefficient (Wildman–Crippen LogP) is 3.52. The third kappa shape index (κ3) is 6.13. The van der Waals surface area contributed by atoms with Crippen molar-refractivity contribution in [3.8, 4) is 6.07 Å². The molecule has 0 unspecified atom stereocenters. The van der Waals surface area contributed by atoms with Gasteiger partial charge in [0.15, 0.2) is 0 Å². The molecule has 0 saturated heterocycles. The van der Waals surface area contributed by atoms with Gasteiger partial charge < -0.3 is 10.2 Å². The van der Waals surface area contributed by atoms with Gasteiger partial charge in [-0.15, -0.1) is 0 Å². The van der Waals surface area contributed by atoms with Crippen molar-refractivity contribution in [1.82, 2.24) is 5.43 Å². The molecule has 6 heteroatoms. The smallest absolute Gasteiger partial charge is 0.259 e. The molecule has 0 saturated carbocycles. The Balaban J connectivity index is 1.84. The molecule has 0 atom stereocenters. The number of aryl methyl sites for hydroxylation is 3. The summed E-state index contributed by atoms with van der Waals surface area (Å²) in [4.78, 5) is 14.0. The lowest BCUT2D eigenvalue weighted by Gasteiger charge is -2.17.